The minimum absolute atomic E-state index is 0.0437. The number of hydrogen-bond acceptors (Lipinski definition) is 6. The third-order valence-corrected chi connectivity index (χ3v) is 3.35. The molecule has 2 heterocycles. The van der Waals surface area contributed by atoms with Crippen LogP contribution in [0.15, 0.2) is 18.6 Å². The molecule has 0 bridgehead atoms. The Bertz CT molecular complexity index is 624. The Morgan fingerprint density at radius 1 is 1.20 bits per heavy atom. The fourth-order valence-electron chi connectivity index (χ4n) is 1.44. The van der Waals surface area contributed by atoms with Crippen molar-refractivity contribution in [2.45, 2.75) is 19.8 Å². The van der Waals surface area contributed by atoms with E-state index in [4.69, 9.17) is 5.11 Å². The second-order valence-electron chi connectivity index (χ2n) is 3.93. The van der Waals surface area contributed by atoms with E-state index in [0.29, 0.717) is 5.13 Å². The molecule has 0 aliphatic rings. The van der Waals surface area contributed by atoms with E-state index < -0.39 is 11.9 Å². The van der Waals surface area contributed by atoms with E-state index in [-0.39, 0.29) is 11.4 Å². The molecule has 0 radical (unpaired) electrons. The molecule has 104 valence electrons. The summed E-state index contributed by atoms with van der Waals surface area (Å²) in [6.45, 7) is 2.07. The predicted octanol–water partition coefficient (Wildman–Crippen LogP) is 1.84. The number of aryl methyl sites for hydroxylation is 1. The lowest BCUT2D eigenvalue weighted by Crippen LogP contribution is -2.14. The third-order valence-electron chi connectivity index (χ3n) is 2.37. The fraction of sp³-hybridized carbons (Fsp3) is 0.250. The molecule has 2 aromatic heterocycles. The molecule has 1 amide bonds. The van der Waals surface area contributed by atoms with Gasteiger partial charge in [0.05, 0.1) is 12.4 Å². The molecule has 0 aromatic carbocycles. The van der Waals surface area contributed by atoms with Crippen LogP contribution in [0, 0.1) is 0 Å². The monoisotopic (exact) mass is 292 g/mol. The van der Waals surface area contributed by atoms with Crippen LogP contribution in [0.5, 0.6) is 0 Å². The van der Waals surface area contributed by atoms with Crippen molar-refractivity contribution < 1.29 is 14.7 Å². The Balaban J connectivity index is 2.05. The van der Waals surface area contributed by atoms with Gasteiger partial charge in [0.25, 0.3) is 5.91 Å². The molecular formula is C12H12N4O3S. The van der Waals surface area contributed by atoms with Crippen LogP contribution in [0.2, 0.25) is 0 Å². The van der Waals surface area contributed by atoms with E-state index in [9.17, 15) is 9.59 Å². The topological polar surface area (TPSA) is 105 Å². The van der Waals surface area contributed by atoms with Gasteiger partial charge in [0, 0.05) is 11.1 Å². The Morgan fingerprint density at radius 2 is 1.90 bits per heavy atom. The highest BCUT2D eigenvalue weighted by Gasteiger charge is 2.12. The molecule has 2 aromatic rings. The molecule has 0 saturated heterocycles. The van der Waals surface area contributed by atoms with Gasteiger partial charge in [0.15, 0.2) is 10.8 Å². The number of hydrogen-bond donors (Lipinski definition) is 2. The van der Waals surface area contributed by atoms with E-state index in [2.05, 4.69) is 27.2 Å². The summed E-state index contributed by atoms with van der Waals surface area (Å²) in [5, 5.41) is 11.8. The summed E-state index contributed by atoms with van der Waals surface area (Å²) in [7, 11) is 0. The quantitative estimate of drug-likeness (QED) is 0.871. The summed E-state index contributed by atoms with van der Waals surface area (Å²) in [5.41, 5.74) is -0.164. The molecule has 2 rings (SSSR count). The number of aromatic nitrogens is 3. The number of carboxylic acids is 1. The molecule has 0 unspecified atom stereocenters. The van der Waals surface area contributed by atoms with E-state index in [1.807, 2.05) is 0 Å². The van der Waals surface area contributed by atoms with Crippen LogP contribution in [0.3, 0.4) is 0 Å². The predicted molar refractivity (Wildman–Crippen MR) is 73.1 cm³/mol. The van der Waals surface area contributed by atoms with Gasteiger partial charge >= 0.3 is 5.97 Å². The number of thiazole rings is 1. The van der Waals surface area contributed by atoms with E-state index in [1.165, 1.54) is 11.3 Å². The van der Waals surface area contributed by atoms with Crippen molar-refractivity contribution in [2.75, 3.05) is 5.32 Å². The van der Waals surface area contributed by atoms with Crippen LogP contribution >= 0.6 is 11.3 Å². The highest BCUT2D eigenvalue weighted by Crippen LogP contribution is 2.19. The lowest BCUT2D eigenvalue weighted by atomic mass is 10.3. The van der Waals surface area contributed by atoms with Crippen LogP contribution < -0.4 is 5.32 Å². The van der Waals surface area contributed by atoms with Gasteiger partial charge in [-0.05, 0) is 6.42 Å². The van der Waals surface area contributed by atoms with Gasteiger partial charge in [-0.1, -0.05) is 13.3 Å². The number of anilines is 1. The standard InChI is InChI=1S/C12H12N4O3S/c1-2-3-7-4-15-12(20-7)16-10(17)8-5-14-9(6-13-8)11(18)19/h4-6H,2-3H2,1H3,(H,18,19)(H,15,16,17). The molecule has 2 N–H and O–H groups in total. The number of rotatable bonds is 5. The van der Waals surface area contributed by atoms with Crippen LogP contribution in [-0.4, -0.2) is 31.9 Å². The first-order valence-electron chi connectivity index (χ1n) is 5.91. The van der Waals surface area contributed by atoms with Crippen LogP contribution in [-0.2, 0) is 6.42 Å². The van der Waals surface area contributed by atoms with Crippen LogP contribution in [0.1, 0.15) is 39.2 Å². The number of nitrogens with one attached hydrogen (secondary N) is 1. The van der Waals surface area contributed by atoms with E-state index in [1.54, 1.807) is 6.20 Å². The van der Waals surface area contributed by atoms with Gasteiger partial charge in [-0.3, -0.25) is 10.1 Å². The molecule has 0 fully saturated rings. The fourth-order valence-corrected chi connectivity index (χ4v) is 2.35. The van der Waals surface area contributed by atoms with Crippen LogP contribution in [0.25, 0.3) is 0 Å². The highest BCUT2D eigenvalue weighted by molar-refractivity contribution is 7.15. The molecule has 0 spiro atoms. The third kappa shape index (κ3) is 3.35. The Hall–Kier alpha value is -2.35. The van der Waals surface area contributed by atoms with E-state index in [0.717, 1.165) is 30.1 Å². The lowest BCUT2D eigenvalue weighted by Gasteiger charge is -2.00. The zero-order chi connectivity index (χ0) is 14.5. The molecule has 7 nitrogen and oxygen atoms in total. The highest BCUT2D eigenvalue weighted by atomic mass is 32.1. The van der Waals surface area contributed by atoms with Gasteiger partial charge in [-0.2, -0.15) is 0 Å². The second kappa shape index (κ2) is 6.20. The van der Waals surface area contributed by atoms with E-state index >= 15 is 0 Å². The number of carbonyl (C=O) groups excluding carboxylic acids is 1. The first-order valence-corrected chi connectivity index (χ1v) is 6.73. The molecule has 0 aliphatic carbocycles. The van der Waals surface area contributed by atoms with Crippen molar-refractivity contribution in [2.24, 2.45) is 0 Å². The Labute approximate surface area is 118 Å². The Kier molecular flexibility index (Phi) is 4.36. The van der Waals surface area contributed by atoms with Gasteiger partial charge in [-0.15, -0.1) is 11.3 Å². The largest absolute Gasteiger partial charge is 0.476 e. The maximum Gasteiger partial charge on any atom is 0.356 e. The van der Waals surface area contributed by atoms with Crippen molar-refractivity contribution in [1.82, 2.24) is 15.0 Å². The van der Waals surface area contributed by atoms with Crippen LogP contribution in [0.4, 0.5) is 5.13 Å². The molecule has 0 aliphatic heterocycles. The minimum Gasteiger partial charge on any atom is -0.476 e. The summed E-state index contributed by atoms with van der Waals surface area (Å²) < 4.78 is 0. The van der Waals surface area contributed by atoms with Crippen molar-refractivity contribution in [3.63, 3.8) is 0 Å². The summed E-state index contributed by atoms with van der Waals surface area (Å²) in [6, 6.07) is 0. The van der Waals surface area contributed by atoms with Gasteiger partial charge in [-0.25, -0.2) is 19.7 Å². The smallest absolute Gasteiger partial charge is 0.356 e. The summed E-state index contributed by atoms with van der Waals surface area (Å²) in [6.07, 6.45) is 5.82. The number of carbonyl (C=O) groups is 2. The minimum atomic E-state index is -1.19. The average molecular weight is 292 g/mol. The zero-order valence-electron chi connectivity index (χ0n) is 10.7. The van der Waals surface area contributed by atoms with Gasteiger partial charge in [0.1, 0.15) is 5.69 Å². The summed E-state index contributed by atoms with van der Waals surface area (Å²) in [4.78, 5) is 35.1. The maximum absolute atomic E-state index is 11.9. The SMILES string of the molecule is CCCc1cnc(NC(=O)c2cnc(C(=O)O)cn2)s1. The lowest BCUT2D eigenvalue weighted by molar-refractivity contribution is 0.0689. The van der Waals surface area contributed by atoms with Gasteiger partial charge in [0.2, 0.25) is 0 Å². The zero-order valence-corrected chi connectivity index (χ0v) is 11.5. The molecule has 0 saturated carbocycles. The number of amides is 1. The van der Waals surface area contributed by atoms with Crippen molar-refractivity contribution in [3.05, 3.63) is 34.9 Å². The number of nitrogens with zero attached hydrogens (tertiary/aromatic N) is 3. The second-order valence-corrected chi connectivity index (χ2v) is 5.04. The van der Waals surface area contributed by atoms with Crippen molar-refractivity contribution in [3.8, 4) is 0 Å². The molecule has 8 heteroatoms. The first-order chi connectivity index (χ1) is 9.60. The normalized spacial score (nSPS) is 10.2. The summed E-state index contributed by atoms with van der Waals surface area (Å²) in [5.74, 6) is -1.65. The van der Waals surface area contributed by atoms with Gasteiger partial charge < -0.3 is 5.11 Å². The Morgan fingerprint density at radius 3 is 2.50 bits per heavy atom. The van der Waals surface area contributed by atoms with Crippen molar-refractivity contribution in [1.29, 1.82) is 0 Å². The number of aromatic carboxylic acids is 1. The molecule has 0 atom stereocenters. The molecular weight excluding hydrogens is 280 g/mol. The first kappa shape index (κ1) is 14.1. The van der Waals surface area contributed by atoms with Crippen molar-refractivity contribution >= 4 is 28.3 Å². The average Bonchev–Trinajstić information content (AvgIpc) is 2.86. The number of carboxylic acid groups (broad SMARTS) is 1. The maximum atomic E-state index is 11.9. The molecule has 20 heavy (non-hydrogen) atoms. The summed E-state index contributed by atoms with van der Waals surface area (Å²) >= 11 is 1.40.